The van der Waals surface area contributed by atoms with Gasteiger partial charge in [0.15, 0.2) is 6.10 Å². The molecule has 0 spiro atoms. The topological polar surface area (TPSA) is 87.5 Å². The summed E-state index contributed by atoms with van der Waals surface area (Å²) < 4.78 is 70.5. The van der Waals surface area contributed by atoms with Crippen molar-refractivity contribution in [2.24, 2.45) is 5.41 Å². The number of nitriles is 1. The predicted molar refractivity (Wildman–Crippen MR) is 88.0 cm³/mol. The summed E-state index contributed by atoms with van der Waals surface area (Å²) in [6.45, 7) is 3.14. The lowest BCUT2D eigenvalue weighted by atomic mass is 9.89. The van der Waals surface area contributed by atoms with Crippen molar-refractivity contribution in [3.63, 3.8) is 0 Å². The summed E-state index contributed by atoms with van der Waals surface area (Å²) in [5.41, 5.74) is -2.66. The molecule has 27 heavy (non-hydrogen) atoms. The molecule has 1 amide bonds. The molecule has 1 aliphatic carbocycles. The van der Waals surface area contributed by atoms with Crippen molar-refractivity contribution >= 4 is 15.9 Å². The van der Waals surface area contributed by atoms with E-state index in [4.69, 9.17) is 10.00 Å². The number of amides is 1. The number of carbonyl (C=O) groups excluding carboxylic acids is 1. The van der Waals surface area contributed by atoms with Crippen LogP contribution in [0.3, 0.4) is 0 Å². The normalized spacial score (nSPS) is 22.6. The number of hydrogen-bond donors (Lipinski definition) is 0. The predicted octanol–water partition coefficient (Wildman–Crippen LogP) is 2.69. The van der Waals surface area contributed by atoms with Crippen molar-refractivity contribution in [2.45, 2.75) is 44.2 Å². The zero-order valence-electron chi connectivity index (χ0n) is 14.6. The van der Waals surface area contributed by atoms with Crippen molar-refractivity contribution in [1.29, 1.82) is 5.26 Å². The van der Waals surface area contributed by atoms with Gasteiger partial charge < -0.3 is 4.74 Å². The molecule has 146 valence electrons. The smallest absolute Gasteiger partial charge is 0.417 e. The molecule has 1 atom stereocenters. The molecule has 6 nitrogen and oxygen atoms in total. The fourth-order valence-corrected chi connectivity index (χ4v) is 4.98. The van der Waals surface area contributed by atoms with Gasteiger partial charge in [-0.05, 0) is 31.0 Å². The summed E-state index contributed by atoms with van der Waals surface area (Å²) in [6, 6.07) is 4.24. The minimum Gasteiger partial charge on any atom is -0.480 e. The number of rotatable bonds is 4. The molecule has 1 aromatic rings. The van der Waals surface area contributed by atoms with Crippen LogP contribution in [0, 0.1) is 16.7 Å². The molecule has 3 rings (SSSR count). The first-order valence-corrected chi connectivity index (χ1v) is 9.71. The SMILES string of the molecule is CC1(C)CN(S(=O)(=O)C2CC2)C(=O)C1Oc1ccc(C#N)c(C(F)(F)F)c1. The van der Waals surface area contributed by atoms with Gasteiger partial charge in [-0.2, -0.15) is 18.4 Å². The first kappa shape index (κ1) is 19.5. The molecule has 10 heteroatoms. The quantitative estimate of drug-likeness (QED) is 0.773. The second-order valence-electron chi connectivity index (χ2n) is 7.39. The number of ether oxygens (including phenoxy) is 1. The highest BCUT2D eigenvalue weighted by atomic mass is 32.2. The summed E-state index contributed by atoms with van der Waals surface area (Å²) in [6.07, 6.45) is -5.04. The summed E-state index contributed by atoms with van der Waals surface area (Å²) in [7, 11) is -3.77. The third-order valence-electron chi connectivity index (χ3n) is 4.65. The van der Waals surface area contributed by atoms with E-state index in [2.05, 4.69) is 0 Å². The highest BCUT2D eigenvalue weighted by molar-refractivity contribution is 7.90. The van der Waals surface area contributed by atoms with E-state index in [1.165, 1.54) is 6.07 Å². The van der Waals surface area contributed by atoms with E-state index in [1.807, 2.05) is 0 Å². The largest absolute Gasteiger partial charge is 0.480 e. The molecule has 0 N–H and O–H groups in total. The number of nitrogens with zero attached hydrogens (tertiary/aromatic N) is 2. The average molecular weight is 402 g/mol. The van der Waals surface area contributed by atoms with E-state index in [0.29, 0.717) is 18.9 Å². The Kier molecular flexibility index (Phi) is 4.42. The Bertz CT molecular complexity index is 930. The third kappa shape index (κ3) is 3.48. The first-order valence-electron chi connectivity index (χ1n) is 8.21. The van der Waals surface area contributed by atoms with E-state index in [1.54, 1.807) is 13.8 Å². The minimum atomic E-state index is -4.76. The Morgan fingerprint density at radius 2 is 1.93 bits per heavy atom. The van der Waals surface area contributed by atoms with Gasteiger partial charge in [-0.3, -0.25) is 4.79 Å². The van der Waals surface area contributed by atoms with Crippen molar-refractivity contribution in [3.05, 3.63) is 29.3 Å². The summed E-state index contributed by atoms with van der Waals surface area (Å²) in [4.78, 5) is 12.7. The van der Waals surface area contributed by atoms with Crippen LogP contribution in [0.2, 0.25) is 0 Å². The van der Waals surface area contributed by atoms with Crippen LogP contribution in [0.1, 0.15) is 37.8 Å². The van der Waals surface area contributed by atoms with Crippen LogP contribution < -0.4 is 4.74 Å². The second kappa shape index (κ2) is 6.12. The van der Waals surface area contributed by atoms with Gasteiger partial charge in [0.25, 0.3) is 5.91 Å². The number of alkyl halides is 3. The second-order valence-corrected chi connectivity index (χ2v) is 9.53. The van der Waals surface area contributed by atoms with Crippen LogP contribution >= 0.6 is 0 Å². The standard InChI is InChI=1S/C17H17F3N2O4S/c1-16(2)9-22(27(24,25)12-5-6-12)15(23)14(16)26-11-4-3-10(8-21)13(7-11)17(18,19)20/h3-4,7,12,14H,5-6,9H2,1-2H3. The maximum absolute atomic E-state index is 13.1. The maximum Gasteiger partial charge on any atom is 0.417 e. The number of carbonyl (C=O) groups is 1. The van der Waals surface area contributed by atoms with Crippen LogP contribution in [0.5, 0.6) is 5.75 Å². The van der Waals surface area contributed by atoms with E-state index in [9.17, 15) is 26.4 Å². The molecule has 1 aliphatic heterocycles. The van der Waals surface area contributed by atoms with Crippen molar-refractivity contribution < 1.29 is 31.1 Å². The molecular formula is C17H17F3N2O4S. The maximum atomic E-state index is 13.1. The van der Waals surface area contributed by atoms with Crippen LogP contribution in [0.25, 0.3) is 0 Å². The summed E-state index contributed by atoms with van der Waals surface area (Å²) in [5, 5.41) is 8.27. The minimum absolute atomic E-state index is 0.0995. The Labute approximate surface area is 154 Å². The highest BCUT2D eigenvalue weighted by Crippen LogP contribution is 2.41. The molecule has 1 saturated heterocycles. The molecule has 2 aliphatic rings. The van der Waals surface area contributed by atoms with Crippen LogP contribution in [0.4, 0.5) is 13.2 Å². The van der Waals surface area contributed by atoms with Gasteiger partial charge in [0.2, 0.25) is 10.0 Å². The zero-order valence-corrected chi connectivity index (χ0v) is 15.4. The van der Waals surface area contributed by atoms with E-state index < -0.39 is 50.0 Å². The summed E-state index contributed by atoms with van der Waals surface area (Å²) >= 11 is 0. The molecule has 1 saturated carbocycles. The number of halogens is 3. The number of sulfonamides is 1. The van der Waals surface area contributed by atoms with Gasteiger partial charge in [-0.15, -0.1) is 0 Å². The molecular weight excluding hydrogens is 385 g/mol. The van der Waals surface area contributed by atoms with Gasteiger partial charge in [-0.1, -0.05) is 13.8 Å². The molecule has 2 fully saturated rings. The van der Waals surface area contributed by atoms with Crippen molar-refractivity contribution in [3.8, 4) is 11.8 Å². The third-order valence-corrected chi connectivity index (χ3v) is 6.89. The Morgan fingerprint density at radius 3 is 2.44 bits per heavy atom. The van der Waals surface area contributed by atoms with Gasteiger partial charge in [-0.25, -0.2) is 12.7 Å². The van der Waals surface area contributed by atoms with Gasteiger partial charge >= 0.3 is 6.18 Å². The van der Waals surface area contributed by atoms with Gasteiger partial charge in [0.1, 0.15) is 5.75 Å². The van der Waals surface area contributed by atoms with Crippen molar-refractivity contribution in [2.75, 3.05) is 6.54 Å². The molecule has 0 aromatic heterocycles. The Hall–Kier alpha value is -2.28. The highest BCUT2D eigenvalue weighted by Gasteiger charge is 2.55. The molecule has 0 bridgehead atoms. The molecule has 0 radical (unpaired) electrons. The van der Waals surface area contributed by atoms with E-state index in [-0.39, 0.29) is 12.3 Å². The number of benzene rings is 1. The first-order chi connectivity index (χ1) is 12.4. The van der Waals surface area contributed by atoms with Crippen LogP contribution in [-0.2, 0) is 21.0 Å². The Balaban J connectivity index is 1.91. The van der Waals surface area contributed by atoms with Gasteiger partial charge in [0, 0.05) is 12.0 Å². The molecule has 1 aromatic carbocycles. The van der Waals surface area contributed by atoms with Gasteiger partial charge in [0.05, 0.1) is 22.4 Å². The average Bonchev–Trinajstić information content (AvgIpc) is 3.38. The molecule has 1 unspecified atom stereocenters. The number of hydrogen-bond acceptors (Lipinski definition) is 5. The lowest BCUT2D eigenvalue weighted by Gasteiger charge is -2.24. The zero-order chi connectivity index (χ0) is 20.2. The lowest BCUT2D eigenvalue weighted by Crippen LogP contribution is -2.39. The van der Waals surface area contributed by atoms with Crippen LogP contribution in [0.15, 0.2) is 18.2 Å². The fourth-order valence-electron chi connectivity index (χ4n) is 3.03. The van der Waals surface area contributed by atoms with E-state index in [0.717, 1.165) is 16.4 Å². The lowest BCUT2D eigenvalue weighted by molar-refractivity contribution is -0.137. The van der Waals surface area contributed by atoms with E-state index >= 15 is 0 Å². The Morgan fingerprint density at radius 1 is 1.30 bits per heavy atom. The fraction of sp³-hybridized carbons (Fsp3) is 0.529. The van der Waals surface area contributed by atoms with Crippen LogP contribution in [-0.4, -0.2) is 36.5 Å². The molecule has 1 heterocycles. The van der Waals surface area contributed by atoms with Crippen molar-refractivity contribution in [1.82, 2.24) is 4.31 Å². The summed E-state index contributed by atoms with van der Waals surface area (Å²) in [5.74, 6) is -1.04. The monoisotopic (exact) mass is 402 g/mol.